The van der Waals surface area contributed by atoms with Crippen molar-refractivity contribution in [3.63, 3.8) is 0 Å². The van der Waals surface area contributed by atoms with E-state index in [9.17, 15) is 22.8 Å². The van der Waals surface area contributed by atoms with Crippen LogP contribution in [0.4, 0.5) is 24.5 Å². The van der Waals surface area contributed by atoms with Gasteiger partial charge in [-0.15, -0.1) is 0 Å². The monoisotopic (exact) mass is 560 g/mol. The molecule has 0 unspecified atom stereocenters. The number of thiocarbonyl (C=S) groups is 1. The fourth-order valence-corrected chi connectivity index (χ4v) is 4.88. The summed E-state index contributed by atoms with van der Waals surface area (Å²) in [5, 5.41) is 12.1. The molecule has 1 aliphatic rings. The minimum absolute atomic E-state index is 0.0512. The number of aromatic nitrogens is 2. The van der Waals surface area contributed by atoms with Crippen LogP contribution in [-0.2, 0) is 24.6 Å². The first-order valence-electron chi connectivity index (χ1n) is 11.1. The van der Waals surface area contributed by atoms with Crippen LogP contribution in [0.15, 0.2) is 48.8 Å². The number of nitriles is 1. The first kappa shape index (κ1) is 27.1. The number of hydrogen-bond acceptors (Lipinski definition) is 5. The molecule has 2 aromatic carbocycles. The Morgan fingerprint density at radius 3 is 2.47 bits per heavy atom. The average molecular weight is 561 g/mol. The second-order valence-electron chi connectivity index (χ2n) is 8.98. The molecule has 0 aliphatic carbocycles. The fraction of sp³-hybridized carbons (Fsp3) is 0.240. The zero-order valence-electron chi connectivity index (χ0n) is 20.3. The lowest BCUT2D eigenvalue weighted by atomic mass is 10.0. The molecule has 0 saturated carbocycles. The molecular weight excluding hydrogens is 541 g/mol. The van der Waals surface area contributed by atoms with E-state index < -0.39 is 28.7 Å². The van der Waals surface area contributed by atoms with Crippen LogP contribution in [0.5, 0.6) is 0 Å². The summed E-state index contributed by atoms with van der Waals surface area (Å²) in [5.41, 5.74) is -2.07. The molecule has 38 heavy (non-hydrogen) atoms. The fourth-order valence-electron chi connectivity index (χ4n) is 4.12. The summed E-state index contributed by atoms with van der Waals surface area (Å²) in [6.07, 6.45) is -1.65. The highest BCUT2D eigenvalue weighted by molar-refractivity contribution is 7.81. The molecule has 1 saturated heterocycles. The summed E-state index contributed by atoms with van der Waals surface area (Å²) >= 11 is 12.0. The number of carbonyl (C=O) groups excluding carboxylic acids is 2. The lowest BCUT2D eigenvalue weighted by molar-refractivity contribution is -0.137. The van der Waals surface area contributed by atoms with Gasteiger partial charge in [-0.1, -0.05) is 17.7 Å². The van der Waals surface area contributed by atoms with E-state index >= 15 is 0 Å². The normalized spacial score (nSPS) is 15.1. The number of carbonyl (C=O) groups is 2. The molecular formula is C25H20ClF3N6O2S. The number of aryl methyl sites for hydroxylation is 1. The van der Waals surface area contributed by atoms with Crippen molar-refractivity contribution in [3.05, 3.63) is 76.3 Å². The highest BCUT2D eigenvalue weighted by Gasteiger charge is 2.50. The number of amides is 2. The first-order chi connectivity index (χ1) is 17.8. The maximum absolute atomic E-state index is 13.5. The zero-order chi connectivity index (χ0) is 28.0. The Balaban J connectivity index is 1.62. The van der Waals surface area contributed by atoms with E-state index in [1.807, 2.05) is 0 Å². The SMILES string of the molecule is Cn1ccnc1C(=O)NCc1ccc(N2C(=S)N(c3ccc(C#N)c(C(F)(F)F)c3)C(=O)C2(C)C)cc1Cl. The van der Waals surface area contributed by atoms with Crippen LogP contribution in [0.2, 0.25) is 5.02 Å². The number of nitrogens with one attached hydrogen (secondary N) is 1. The topological polar surface area (TPSA) is 94.3 Å². The van der Waals surface area contributed by atoms with Crippen molar-refractivity contribution in [2.45, 2.75) is 32.1 Å². The van der Waals surface area contributed by atoms with Gasteiger partial charge in [-0.2, -0.15) is 18.4 Å². The molecule has 0 spiro atoms. The first-order valence-corrected chi connectivity index (χ1v) is 11.9. The van der Waals surface area contributed by atoms with Gasteiger partial charge in [-0.3, -0.25) is 14.5 Å². The van der Waals surface area contributed by atoms with Crippen LogP contribution in [0.3, 0.4) is 0 Å². The Hall–Kier alpha value is -3.95. The summed E-state index contributed by atoms with van der Waals surface area (Å²) in [4.78, 5) is 32.2. The zero-order valence-corrected chi connectivity index (χ0v) is 21.9. The molecule has 0 atom stereocenters. The molecule has 1 aromatic heterocycles. The largest absolute Gasteiger partial charge is 0.417 e. The predicted octanol–water partition coefficient (Wildman–Crippen LogP) is 4.81. The standard InChI is InChI=1S/C25H20ClF3N6O2S/c1-24(2)22(37)34(16-6-4-14(12-30)18(10-16)25(27,28)29)23(38)35(24)17-7-5-15(19(26)11-17)13-32-21(36)20-31-8-9-33(20)3/h4-11H,13H2,1-3H3,(H,32,36). The summed E-state index contributed by atoms with van der Waals surface area (Å²) < 4.78 is 42.2. The van der Waals surface area contributed by atoms with Gasteiger partial charge in [0.05, 0.1) is 22.9 Å². The highest BCUT2D eigenvalue weighted by Crippen LogP contribution is 2.40. The minimum atomic E-state index is -4.80. The van der Waals surface area contributed by atoms with Crippen LogP contribution in [-0.4, -0.2) is 32.0 Å². The van der Waals surface area contributed by atoms with Crippen molar-refractivity contribution in [3.8, 4) is 6.07 Å². The molecule has 1 N–H and O–H groups in total. The van der Waals surface area contributed by atoms with E-state index in [4.69, 9.17) is 29.1 Å². The second-order valence-corrected chi connectivity index (χ2v) is 9.75. The summed E-state index contributed by atoms with van der Waals surface area (Å²) in [6, 6.07) is 9.39. The number of rotatable bonds is 5. The number of imidazole rings is 1. The summed E-state index contributed by atoms with van der Waals surface area (Å²) in [7, 11) is 1.69. The molecule has 1 fully saturated rings. The van der Waals surface area contributed by atoms with Crippen LogP contribution in [0, 0.1) is 11.3 Å². The van der Waals surface area contributed by atoms with Crippen molar-refractivity contribution in [2.75, 3.05) is 9.80 Å². The molecule has 3 aromatic rings. The van der Waals surface area contributed by atoms with E-state index in [1.54, 1.807) is 49.9 Å². The highest BCUT2D eigenvalue weighted by atomic mass is 35.5. The predicted molar refractivity (Wildman–Crippen MR) is 139 cm³/mol. The molecule has 0 bridgehead atoms. The van der Waals surface area contributed by atoms with E-state index in [0.717, 1.165) is 17.0 Å². The van der Waals surface area contributed by atoms with Gasteiger partial charge < -0.3 is 14.8 Å². The van der Waals surface area contributed by atoms with Gasteiger partial charge in [-0.25, -0.2) is 4.98 Å². The van der Waals surface area contributed by atoms with E-state index in [0.29, 0.717) is 11.3 Å². The third-order valence-electron chi connectivity index (χ3n) is 6.11. The number of nitrogens with zero attached hydrogens (tertiary/aromatic N) is 5. The van der Waals surface area contributed by atoms with Crippen LogP contribution in [0.25, 0.3) is 0 Å². The summed E-state index contributed by atoms with van der Waals surface area (Å²) in [6.45, 7) is 3.28. The Morgan fingerprint density at radius 2 is 1.89 bits per heavy atom. The molecule has 13 heteroatoms. The van der Waals surface area contributed by atoms with Gasteiger partial charge in [-0.05, 0) is 62.0 Å². The van der Waals surface area contributed by atoms with Crippen molar-refractivity contribution in [2.24, 2.45) is 7.05 Å². The number of hydrogen-bond donors (Lipinski definition) is 1. The third-order valence-corrected chi connectivity index (χ3v) is 6.83. The second kappa shape index (κ2) is 9.74. The number of halogens is 4. The Labute approximate surface area is 226 Å². The van der Waals surface area contributed by atoms with E-state index in [1.165, 1.54) is 23.2 Å². The van der Waals surface area contributed by atoms with Gasteiger partial charge in [0, 0.05) is 36.7 Å². The quantitative estimate of drug-likeness (QED) is 0.450. The summed E-state index contributed by atoms with van der Waals surface area (Å²) in [5.74, 6) is -0.707. The van der Waals surface area contributed by atoms with Gasteiger partial charge in [0.15, 0.2) is 10.9 Å². The van der Waals surface area contributed by atoms with Crippen LogP contribution >= 0.6 is 23.8 Å². The molecule has 0 radical (unpaired) electrons. The van der Waals surface area contributed by atoms with E-state index in [-0.39, 0.29) is 34.1 Å². The molecule has 2 amide bonds. The lowest BCUT2D eigenvalue weighted by Crippen LogP contribution is -2.44. The van der Waals surface area contributed by atoms with Crippen molar-refractivity contribution in [1.82, 2.24) is 14.9 Å². The molecule has 196 valence electrons. The lowest BCUT2D eigenvalue weighted by Gasteiger charge is -2.29. The maximum atomic E-state index is 13.5. The average Bonchev–Trinajstić information content (AvgIpc) is 3.35. The smallest absolute Gasteiger partial charge is 0.345 e. The Kier molecular flexibility index (Phi) is 6.94. The number of alkyl halides is 3. The Bertz CT molecular complexity index is 1510. The molecule has 4 rings (SSSR count). The van der Waals surface area contributed by atoms with Crippen molar-refractivity contribution >= 4 is 52.1 Å². The maximum Gasteiger partial charge on any atom is 0.417 e. The Morgan fingerprint density at radius 1 is 1.21 bits per heavy atom. The van der Waals surface area contributed by atoms with Gasteiger partial charge >= 0.3 is 6.18 Å². The number of anilines is 2. The van der Waals surface area contributed by atoms with Crippen molar-refractivity contribution in [1.29, 1.82) is 5.26 Å². The van der Waals surface area contributed by atoms with Gasteiger partial charge in [0.25, 0.3) is 11.8 Å². The van der Waals surface area contributed by atoms with Gasteiger partial charge in [0.2, 0.25) is 0 Å². The molecule has 2 heterocycles. The number of benzene rings is 2. The third kappa shape index (κ3) is 4.70. The van der Waals surface area contributed by atoms with Crippen molar-refractivity contribution < 1.29 is 22.8 Å². The van der Waals surface area contributed by atoms with Crippen LogP contribution in [0.1, 0.15) is 41.2 Å². The van der Waals surface area contributed by atoms with Gasteiger partial charge in [0.1, 0.15) is 5.54 Å². The van der Waals surface area contributed by atoms with Crippen LogP contribution < -0.4 is 15.1 Å². The minimum Gasteiger partial charge on any atom is -0.345 e. The molecule has 1 aliphatic heterocycles. The van der Waals surface area contributed by atoms with E-state index in [2.05, 4.69) is 10.3 Å². The molecule has 8 nitrogen and oxygen atoms in total.